The normalized spacial score (nSPS) is 11.0. The maximum Gasteiger partial charge on any atom is 0.307 e. The smallest absolute Gasteiger partial charge is 0.307 e. The number of halogens is 3. The van der Waals surface area contributed by atoms with Crippen LogP contribution in [0.3, 0.4) is 0 Å². The molecule has 0 saturated carbocycles. The van der Waals surface area contributed by atoms with Gasteiger partial charge in [0.15, 0.2) is 17.3 Å². The number of carbonyl (C=O) groups is 1. The average Bonchev–Trinajstić information content (AvgIpc) is 3.28. The van der Waals surface area contributed by atoms with Gasteiger partial charge in [0.1, 0.15) is 12.2 Å². The molecule has 0 unspecified atom stereocenters. The van der Waals surface area contributed by atoms with Gasteiger partial charge in [-0.15, -0.1) is 0 Å². The molecular formula is C26H18Br2ClN3O4. The van der Waals surface area contributed by atoms with Crippen molar-refractivity contribution >= 4 is 66.6 Å². The number of furan rings is 1. The lowest BCUT2D eigenvalue weighted by Crippen LogP contribution is -2.16. The Labute approximate surface area is 228 Å². The lowest BCUT2D eigenvalue weighted by molar-refractivity contribution is 0.0929. The number of nitrogens with one attached hydrogen (secondary N) is 1. The monoisotopic (exact) mass is 629 g/mol. The van der Waals surface area contributed by atoms with Crippen molar-refractivity contribution in [3.8, 4) is 17.6 Å². The molecule has 1 N–H and O–H groups in total. The zero-order valence-corrected chi connectivity index (χ0v) is 22.8. The Balaban J connectivity index is 1.49. The van der Waals surface area contributed by atoms with Crippen LogP contribution < -0.4 is 14.9 Å². The van der Waals surface area contributed by atoms with Gasteiger partial charge in [-0.05, 0) is 64.8 Å². The van der Waals surface area contributed by atoms with Gasteiger partial charge in [0.2, 0.25) is 0 Å². The highest BCUT2D eigenvalue weighted by atomic mass is 79.9. The first kappa shape index (κ1) is 25.8. The van der Waals surface area contributed by atoms with Crippen molar-refractivity contribution in [3.05, 3.63) is 91.0 Å². The van der Waals surface area contributed by atoms with Crippen LogP contribution in [0.1, 0.15) is 34.2 Å². The second-order valence-corrected chi connectivity index (χ2v) is 9.61. The number of hydrogen-bond donors (Lipinski definition) is 1. The number of carbonyl (C=O) groups excluding carboxylic acids is 1. The maximum atomic E-state index is 12.5. The highest BCUT2D eigenvalue weighted by molar-refractivity contribution is 9.11. The van der Waals surface area contributed by atoms with Gasteiger partial charge in [0.25, 0.3) is 0 Å². The van der Waals surface area contributed by atoms with Crippen molar-refractivity contribution in [2.45, 2.75) is 13.5 Å². The number of rotatable bonds is 8. The predicted molar refractivity (Wildman–Crippen MR) is 145 cm³/mol. The third-order valence-electron chi connectivity index (χ3n) is 4.98. The molecule has 0 fully saturated rings. The lowest BCUT2D eigenvalue weighted by Gasteiger charge is -2.15. The summed E-state index contributed by atoms with van der Waals surface area (Å²) in [6.07, 6.45) is 1.44. The van der Waals surface area contributed by atoms with E-state index in [0.717, 1.165) is 19.9 Å². The van der Waals surface area contributed by atoms with Crippen LogP contribution in [-0.2, 0) is 6.61 Å². The summed E-state index contributed by atoms with van der Waals surface area (Å²) in [7, 11) is 0. The van der Waals surface area contributed by atoms with Crippen LogP contribution in [0.25, 0.3) is 11.0 Å². The first-order chi connectivity index (χ1) is 17.4. The quantitative estimate of drug-likeness (QED) is 0.164. The van der Waals surface area contributed by atoms with E-state index in [1.165, 1.54) is 6.21 Å². The van der Waals surface area contributed by atoms with Gasteiger partial charge in [-0.1, -0.05) is 45.7 Å². The first-order valence-electron chi connectivity index (χ1n) is 10.7. The Bertz CT molecular complexity index is 1510. The summed E-state index contributed by atoms with van der Waals surface area (Å²) in [6.45, 7) is 2.38. The van der Waals surface area contributed by atoms with E-state index in [0.29, 0.717) is 39.8 Å². The summed E-state index contributed by atoms with van der Waals surface area (Å²) in [5.41, 5.74) is 4.86. The van der Waals surface area contributed by atoms with Crippen molar-refractivity contribution in [2.24, 2.45) is 5.10 Å². The summed E-state index contributed by atoms with van der Waals surface area (Å²) in [4.78, 5) is 12.5. The molecule has 0 aliphatic heterocycles. The molecule has 10 heteroatoms. The molecule has 7 nitrogen and oxygen atoms in total. The molecule has 0 atom stereocenters. The van der Waals surface area contributed by atoms with E-state index in [-0.39, 0.29) is 12.4 Å². The molecule has 36 heavy (non-hydrogen) atoms. The predicted octanol–water partition coefficient (Wildman–Crippen LogP) is 7.22. The van der Waals surface area contributed by atoms with Crippen LogP contribution in [0.4, 0.5) is 0 Å². The Morgan fingerprint density at radius 1 is 1.19 bits per heavy atom. The maximum absolute atomic E-state index is 12.5. The second-order valence-electron chi connectivity index (χ2n) is 7.44. The van der Waals surface area contributed by atoms with E-state index in [4.69, 9.17) is 25.5 Å². The number of hydrazone groups is 1. The molecule has 4 aromatic rings. The van der Waals surface area contributed by atoms with E-state index in [2.05, 4.69) is 48.5 Å². The van der Waals surface area contributed by atoms with Gasteiger partial charge < -0.3 is 13.9 Å². The van der Waals surface area contributed by atoms with Gasteiger partial charge in [0, 0.05) is 15.4 Å². The first-order valence-corrected chi connectivity index (χ1v) is 12.6. The average molecular weight is 632 g/mol. The molecule has 3 aromatic carbocycles. The summed E-state index contributed by atoms with van der Waals surface area (Å²) < 4.78 is 18.9. The third-order valence-corrected chi connectivity index (χ3v) is 6.31. The van der Waals surface area contributed by atoms with Crippen molar-refractivity contribution in [2.75, 3.05) is 6.61 Å². The zero-order chi connectivity index (χ0) is 25.7. The molecule has 0 aliphatic carbocycles. The van der Waals surface area contributed by atoms with E-state index in [1.807, 2.05) is 31.2 Å². The van der Waals surface area contributed by atoms with Crippen molar-refractivity contribution in [1.82, 2.24) is 5.43 Å². The van der Waals surface area contributed by atoms with Crippen molar-refractivity contribution < 1.29 is 18.7 Å². The topological polar surface area (TPSA) is 96.8 Å². The molecule has 0 saturated heterocycles. The number of nitriles is 1. The second kappa shape index (κ2) is 11.6. The van der Waals surface area contributed by atoms with Gasteiger partial charge in [-0.2, -0.15) is 10.4 Å². The minimum Gasteiger partial charge on any atom is -0.490 e. The fraction of sp³-hybridized carbons (Fsp3) is 0.115. The summed E-state index contributed by atoms with van der Waals surface area (Å²) in [5.74, 6) is 0.388. The van der Waals surface area contributed by atoms with E-state index < -0.39 is 5.91 Å². The van der Waals surface area contributed by atoms with Crippen LogP contribution in [0, 0.1) is 11.3 Å². The molecule has 0 aliphatic rings. The fourth-order valence-electron chi connectivity index (χ4n) is 3.38. The van der Waals surface area contributed by atoms with E-state index >= 15 is 0 Å². The molecule has 0 radical (unpaired) electrons. The number of ether oxygens (including phenoxy) is 2. The molecule has 1 amide bonds. The van der Waals surface area contributed by atoms with Gasteiger partial charge in [-0.25, -0.2) is 5.43 Å². The number of fused-ring (bicyclic) bond motifs is 1. The van der Waals surface area contributed by atoms with Crippen LogP contribution >= 0.6 is 43.5 Å². The molecular weight excluding hydrogens is 614 g/mol. The summed E-state index contributed by atoms with van der Waals surface area (Å²) >= 11 is 13.3. The number of benzene rings is 3. The van der Waals surface area contributed by atoms with Crippen LogP contribution in [0.15, 0.2) is 73.1 Å². The number of nitrogens with zero attached hydrogens (tertiary/aromatic N) is 2. The molecule has 1 aromatic heterocycles. The minimum atomic E-state index is -0.502. The van der Waals surface area contributed by atoms with Crippen LogP contribution in [-0.4, -0.2) is 18.7 Å². The molecule has 0 spiro atoms. The third kappa shape index (κ3) is 5.90. The highest BCUT2D eigenvalue weighted by Gasteiger charge is 2.15. The molecule has 4 rings (SSSR count). The fourth-order valence-corrected chi connectivity index (χ4v) is 4.99. The Morgan fingerprint density at radius 3 is 2.78 bits per heavy atom. The molecule has 182 valence electrons. The van der Waals surface area contributed by atoms with Crippen LogP contribution in [0.2, 0.25) is 5.02 Å². The van der Waals surface area contributed by atoms with Gasteiger partial charge >= 0.3 is 5.91 Å². The van der Waals surface area contributed by atoms with E-state index in [1.54, 1.807) is 30.3 Å². The summed E-state index contributed by atoms with van der Waals surface area (Å²) in [6, 6.07) is 18.0. The van der Waals surface area contributed by atoms with Crippen LogP contribution in [0.5, 0.6) is 11.5 Å². The Hall–Kier alpha value is -3.32. The zero-order valence-electron chi connectivity index (χ0n) is 18.8. The van der Waals surface area contributed by atoms with Gasteiger partial charge in [-0.3, -0.25) is 4.79 Å². The van der Waals surface area contributed by atoms with Crippen molar-refractivity contribution in [3.63, 3.8) is 0 Å². The van der Waals surface area contributed by atoms with Crippen molar-refractivity contribution in [1.29, 1.82) is 5.26 Å². The highest BCUT2D eigenvalue weighted by Crippen LogP contribution is 2.37. The lowest BCUT2D eigenvalue weighted by atomic mass is 10.1. The standard InChI is InChI=1S/C26H18Br2ClN3O4/c1-2-34-22-8-15(7-21(29)25(22)35-14-17-6-4-3-5-16(17)12-30)13-31-32-26(33)23-10-18-9-19(27)11-20(28)24(18)36-23/h3-11,13H,2,14H2,1H3,(H,32,33)/b31-13-. The number of amides is 1. The minimum absolute atomic E-state index is 0.121. The summed E-state index contributed by atoms with van der Waals surface area (Å²) in [5, 5.41) is 14.4. The van der Waals surface area contributed by atoms with Gasteiger partial charge in [0.05, 0.1) is 33.9 Å². The SMILES string of the molecule is CCOc1cc(/C=N\NC(=O)c2cc3cc(Br)cc(Br)c3o2)cc(Cl)c1OCc1ccccc1C#N. The number of hydrogen-bond acceptors (Lipinski definition) is 6. The molecule has 1 heterocycles. The molecule has 0 bridgehead atoms. The Morgan fingerprint density at radius 2 is 2.00 bits per heavy atom. The largest absolute Gasteiger partial charge is 0.490 e. The Kier molecular flexibility index (Phi) is 8.31. The van der Waals surface area contributed by atoms with E-state index in [9.17, 15) is 10.1 Å².